The molecule has 0 bridgehead atoms. The van der Waals surface area contributed by atoms with E-state index < -0.39 is 0 Å². The molecule has 0 amide bonds. The Morgan fingerprint density at radius 2 is 1.14 bits per heavy atom. The summed E-state index contributed by atoms with van der Waals surface area (Å²) in [6, 6.07) is 16.2. The normalized spacial score (nSPS) is 10.4. The average Bonchev–Trinajstić information content (AvgIpc) is 2.54. The van der Waals surface area contributed by atoms with Crippen LogP contribution in [0, 0.1) is 0 Å². The van der Waals surface area contributed by atoms with Crippen LogP contribution in [0.3, 0.4) is 0 Å². The van der Waals surface area contributed by atoms with Gasteiger partial charge in [0.15, 0.2) is 0 Å². The Bertz CT molecular complexity index is 517. The number of rotatable bonds is 8. The van der Waals surface area contributed by atoms with Gasteiger partial charge >= 0.3 is 0 Å². The maximum atomic E-state index is 5.59. The van der Waals surface area contributed by atoms with Crippen molar-refractivity contribution in [2.24, 2.45) is 0 Å². The Hall–Kier alpha value is -2.00. The summed E-state index contributed by atoms with van der Waals surface area (Å²) in [5.41, 5.74) is 2.33. The summed E-state index contributed by atoms with van der Waals surface area (Å²) >= 11 is 0. The molecule has 0 aliphatic rings. The summed E-state index contributed by atoms with van der Waals surface area (Å²) in [7, 11) is 1.67. The molecule has 21 heavy (non-hydrogen) atoms. The highest BCUT2D eigenvalue weighted by atomic mass is 16.5. The highest BCUT2D eigenvalue weighted by Crippen LogP contribution is 2.24. The molecule has 3 nitrogen and oxygen atoms in total. The largest absolute Gasteiger partial charge is 0.494 e. The zero-order chi connectivity index (χ0) is 14.9. The van der Waals surface area contributed by atoms with Gasteiger partial charge in [-0.15, -0.1) is 0 Å². The molecule has 112 valence electrons. The van der Waals surface area contributed by atoms with Gasteiger partial charge in [0.2, 0.25) is 0 Å². The maximum absolute atomic E-state index is 5.59. The molecule has 0 spiro atoms. The topological polar surface area (TPSA) is 27.7 Å². The zero-order valence-corrected chi connectivity index (χ0v) is 12.7. The molecule has 0 N–H and O–H groups in total. The fourth-order valence-electron chi connectivity index (χ4n) is 1.95. The monoisotopic (exact) mass is 286 g/mol. The van der Waals surface area contributed by atoms with Gasteiger partial charge in [-0.05, 0) is 41.8 Å². The quantitative estimate of drug-likeness (QED) is 0.682. The Kier molecular flexibility index (Phi) is 6.10. The van der Waals surface area contributed by atoms with Crippen molar-refractivity contribution in [1.82, 2.24) is 0 Å². The van der Waals surface area contributed by atoms with Crippen molar-refractivity contribution in [3.05, 3.63) is 48.5 Å². The van der Waals surface area contributed by atoms with Gasteiger partial charge in [0.05, 0.1) is 13.2 Å². The van der Waals surface area contributed by atoms with Crippen molar-refractivity contribution in [1.29, 1.82) is 0 Å². The van der Waals surface area contributed by atoms with Crippen molar-refractivity contribution in [3.63, 3.8) is 0 Å². The van der Waals surface area contributed by atoms with Crippen molar-refractivity contribution in [3.8, 4) is 22.6 Å². The Labute approximate surface area is 126 Å². The van der Waals surface area contributed by atoms with E-state index in [-0.39, 0.29) is 0 Å². The molecule has 0 fully saturated rings. The fourth-order valence-corrected chi connectivity index (χ4v) is 1.95. The Morgan fingerprint density at radius 1 is 0.667 bits per heavy atom. The molecule has 0 saturated heterocycles. The Morgan fingerprint density at radius 3 is 1.57 bits per heavy atom. The molecule has 0 saturated carbocycles. The van der Waals surface area contributed by atoms with Crippen LogP contribution in [0.2, 0.25) is 0 Å². The highest BCUT2D eigenvalue weighted by molar-refractivity contribution is 5.64. The minimum absolute atomic E-state index is 0.569. The third kappa shape index (κ3) is 4.80. The summed E-state index contributed by atoms with van der Waals surface area (Å²) in [4.78, 5) is 0. The molecule has 2 aromatic rings. The van der Waals surface area contributed by atoms with Crippen molar-refractivity contribution in [2.45, 2.75) is 13.3 Å². The first kappa shape index (κ1) is 15.4. The van der Waals surface area contributed by atoms with E-state index in [0.717, 1.165) is 30.1 Å². The van der Waals surface area contributed by atoms with Crippen molar-refractivity contribution < 1.29 is 14.2 Å². The molecule has 2 aromatic carbocycles. The molecule has 0 unspecified atom stereocenters. The first-order valence-electron chi connectivity index (χ1n) is 7.28. The van der Waals surface area contributed by atoms with Gasteiger partial charge in [0.25, 0.3) is 0 Å². The van der Waals surface area contributed by atoms with Gasteiger partial charge in [-0.1, -0.05) is 31.2 Å². The second kappa shape index (κ2) is 8.32. The van der Waals surface area contributed by atoms with E-state index in [1.165, 1.54) is 5.56 Å². The van der Waals surface area contributed by atoms with E-state index in [1.54, 1.807) is 7.11 Å². The number of hydrogen-bond acceptors (Lipinski definition) is 3. The fraction of sp³-hybridized carbons (Fsp3) is 0.333. The lowest BCUT2D eigenvalue weighted by Crippen LogP contribution is -2.03. The number of benzene rings is 2. The predicted octanol–water partition coefficient (Wildman–Crippen LogP) is 4.17. The van der Waals surface area contributed by atoms with Crippen LogP contribution < -0.4 is 9.47 Å². The van der Waals surface area contributed by atoms with E-state index in [9.17, 15) is 0 Å². The summed E-state index contributed by atoms with van der Waals surface area (Å²) in [5, 5.41) is 0. The maximum Gasteiger partial charge on any atom is 0.119 e. The van der Waals surface area contributed by atoms with Crippen LogP contribution in [0.25, 0.3) is 11.1 Å². The lowest BCUT2D eigenvalue weighted by molar-refractivity contribution is 0.146. The lowest BCUT2D eigenvalue weighted by atomic mass is 10.1. The lowest BCUT2D eigenvalue weighted by Gasteiger charge is -2.08. The molecular formula is C18H22O3. The highest BCUT2D eigenvalue weighted by Gasteiger charge is 2.00. The third-order valence-electron chi connectivity index (χ3n) is 3.07. The smallest absolute Gasteiger partial charge is 0.119 e. The second-order valence-electron chi connectivity index (χ2n) is 4.74. The molecule has 0 heterocycles. The van der Waals surface area contributed by atoms with Gasteiger partial charge < -0.3 is 14.2 Å². The minimum atomic E-state index is 0.569. The van der Waals surface area contributed by atoms with Crippen LogP contribution in [-0.4, -0.2) is 26.9 Å². The number of hydrogen-bond donors (Lipinski definition) is 0. The second-order valence-corrected chi connectivity index (χ2v) is 4.74. The van der Waals surface area contributed by atoms with Gasteiger partial charge in [0, 0.05) is 7.11 Å². The van der Waals surface area contributed by atoms with E-state index in [4.69, 9.17) is 14.2 Å². The molecule has 2 rings (SSSR count). The van der Waals surface area contributed by atoms with E-state index in [2.05, 4.69) is 31.2 Å². The van der Waals surface area contributed by atoms with Crippen LogP contribution in [0.5, 0.6) is 11.5 Å². The van der Waals surface area contributed by atoms with Crippen molar-refractivity contribution >= 4 is 0 Å². The SMILES string of the molecule is CCCOc1ccc(-c2ccc(OCCOC)cc2)cc1. The van der Waals surface area contributed by atoms with E-state index >= 15 is 0 Å². The van der Waals surface area contributed by atoms with Gasteiger partial charge in [0.1, 0.15) is 18.1 Å². The van der Waals surface area contributed by atoms with Crippen LogP contribution >= 0.6 is 0 Å². The first-order valence-corrected chi connectivity index (χ1v) is 7.28. The minimum Gasteiger partial charge on any atom is -0.494 e. The van der Waals surface area contributed by atoms with Gasteiger partial charge in [-0.3, -0.25) is 0 Å². The summed E-state index contributed by atoms with van der Waals surface area (Å²) < 4.78 is 16.1. The summed E-state index contributed by atoms with van der Waals surface area (Å²) in [6.45, 7) is 4.03. The van der Waals surface area contributed by atoms with E-state index in [0.29, 0.717) is 13.2 Å². The number of ether oxygens (including phenoxy) is 3. The predicted molar refractivity (Wildman–Crippen MR) is 85.0 cm³/mol. The first-order chi connectivity index (χ1) is 10.3. The van der Waals surface area contributed by atoms with Crippen molar-refractivity contribution in [2.75, 3.05) is 26.9 Å². The Balaban J connectivity index is 1.97. The average molecular weight is 286 g/mol. The molecule has 0 atom stereocenters. The van der Waals surface area contributed by atoms with E-state index in [1.807, 2.05) is 24.3 Å². The number of methoxy groups -OCH3 is 1. The molecule has 0 aliphatic heterocycles. The third-order valence-corrected chi connectivity index (χ3v) is 3.07. The molecule has 0 aromatic heterocycles. The van der Waals surface area contributed by atoms with Gasteiger partial charge in [-0.25, -0.2) is 0 Å². The van der Waals surface area contributed by atoms with Gasteiger partial charge in [-0.2, -0.15) is 0 Å². The molecular weight excluding hydrogens is 264 g/mol. The van der Waals surface area contributed by atoms with Crippen LogP contribution in [-0.2, 0) is 4.74 Å². The van der Waals surface area contributed by atoms with Crippen LogP contribution in [0.4, 0.5) is 0 Å². The van der Waals surface area contributed by atoms with Crippen LogP contribution in [0.1, 0.15) is 13.3 Å². The molecule has 0 aliphatic carbocycles. The zero-order valence-electron chi connectivity index (χ0n) is 12.7. The molecule has 0 radical (unpaired) electrons. The van der Waals surface area contributed by atoms with Crippen LogP contribution in [0.15, 0.2) is 48.5 Å². The summed E-state index contributed by atoms with van der Waals surface area (Å²) in [5.74, 6) is 1.78. The molecule has 3 heteroatoms. The standard InChI is InChI=1S/C18H22O3/c1-3-12-20-17-8-4-15(5-9-17)16-6-10-18(11-7-16)21-14-13-19-2/h4-11H,3,12-14H2,1-2H3. The summed E-state index contributed by atoms with van der Waals surface area (Å²) in [6.07, 6.45) is 1.02.